The molecule has 0 heterocycles. The number of carbonyl (C=O) groups excluding carboxylic acids is 1. The van der Waals surface area contributed by atoms with Crippen LogP contribution in [0.3, 0.4) is 0 Å². The molecule has 0 aliphatic carbocycles. The van der Waals surface area contributed by atoms with Gasteiger partial charge in [-0.3, -0.25) is 4.79 Å². The van der Waals surface area contributed by atoms with E-state index in [1.807, 2.05) is 0 Å². The molecule has 0 unspecified atom stereocenters. The highest BCUT2D eigenvalue weighted by Crippen LogP contribution is 2.10. The van der Waals surface area contributed by atoms with E-state index in [1.165, 1.54) is 32.1 Å². The van der Waals surface area contributed by atoms with Crippen LogP contribution in [0.2, 0.25) is 0 Å². The van der Waals surface area contributed by atoms with E-state index in [1.54, 1.807) is 0 Å². The number of hydrogen-bond donors (Lipinski definition) is 1. The second kappa shape index (κ2) is 18.0. The van der Waals surface area contributed by atoms with Crippen molar-refractivity contribution in [1.82, 2.24) is 4.90 Å². The van der Waals surface area contributed by atoms with Crippen molar-refractivity contribution in [3.63, 3.8) is 0 Å². The molecular formula is C22H43NO2. The molecule has 1 amide bonds. The summed E-state index contributed by atoms with van der Waals surface area (Å²) in [5, 5.41) is 8.72. The number of nitrogens with zero attached hydrogens (tertiary/aromatic N) is 1. The summed E-state index contributed by atoms with van der Waals surface area (Å²) in [6, 6.07) is 0.313. The van der Waals surface area contributed by atoms with E-state index < -0.39 is 0 Å². The van der Waals surface area contributed by atoms with E-state index in [0.29, 0.717) is 25.0 Å². The van der Waals surface area contributed by atoms with Crippen molar-refractivity contribution in [3.05, 3.63) is 12.2 Å². The number of aliphatic hydroxyl groups excluding tert-OH is 1. The van der Waals surface area contributed by atoms with Gasteiger partial charge in [0.05, 0.1) is 0 Å². The van der Waals surface area contributed by atoms with Gasteiger partial charge in [0.25, 0.3) is 0 Å². The molecule has 0 aromatic carbocycles. The van der Waals surface area contributed by atoms with Gasteiger partial charge >= 0.3 is 0 Å². The van der Waals surface area contributed by atoms with Crippen LogP contribution in [0.15, 0.2) is 12.2 Å². The van der Waals surface area contributed by atoms with Crippen molar-refractivity contribution in [2.45, 2.75) is 110 Å². The molecule has 0 radical (unpaired) electrons. The second-order valence-electron chi connectivity index (χ2n) is 7.39. The van der Waals surface area contributed by atoms with Gasteiger partial charge in [0.15, 0.2) is 0 Å². The second-order valence-corrected chi connectivity index (χ2v) is 7.39. The van der Waals surface area contributed by atoms with Gasteiger partial charge in [0.1, 0.15) is 0 Å². The molecule has 0 atom stereocenters. The number of amides is 1. The van der Waals surface area contributed by atoms with E-state index in [-0.39, 0.29) is 0 Å². The van der Waals surface area contributed by atoms with Gasteiger partial charge in [-0.25, -0.2) is 0 Å². The quantitative estimate of drug-likeness (QED) is 0.263. The highest BCUT2D eigenvalue weighted by molar-refractivity contribution is 5.76. The largest absolute Gasteiger partial charge is 0.396 e. The fourth-order valence-electron chi connectivity index (χ4n) is 3.03. The number of allylic oxidation sites excluding steroid dienone is 2. The molecule has 0 rings (SSSR count). The molecule has 0 aromatic heterocycles. The molecule has 0 fully saturated rings. The van der Waals surface area contributed by atoms with Crippen LogP contribution >= 0.6 is 0 Å². The minimum atomic E-state index is 0.313. The number of rotatable bonds is 17. The first-order valence-corrected chi connectivity index (χ1v) is 10.7. The van der Waals surface area contributed by atoms with E-state index in [9.17, 15) is 4.79 Å². The van der Waals surface area contributed by atoms with Crippen molar-refractivity contribution < 1.29 is 9.90 Å². The van der Waals surface area contributed by atoms with Crippen molar-refractivity contribution in [2.24, 2.45) is 0 Å². The summed E-state index contributed by atoms with van der Waals surface area (Å²) < 4.78 is 0. The van der Waals surface area contributed by atoms with Crippen LogP contribution in [0.25, 0.3) is 0 Å². The standard InChI is InChI=1S/C22H43NO2/c1-4-5-6-15-18-22(25)23(21(2)3)19-16-13-11-9-7-8-10-12-14-17-20-24/h7,9,21,24H,4-6,8,10-20H2,1-3H3. The van der Waals surface area contributed by atoms with Crippen molar-refractivity contribution in [1.29, 1.82) is 0 Å². The summed E-state index contributed by atoms with van der Waals surface area (Å²) in [4.78, 5) is 14.4. The van der Waals surface area contributed by atoms with Gasteiger partial charge in [-0.1, -0.05) is 51.2 Å². The van der Waals surface area contributed by atoms with Gasteiger partial charge in [0.2, 0.25) is 5.91 Å². The van der Waals surface area contributed by atoms with Crippen LogP contribution < -0.4 is 0 Å². The molecule has 0 bridgehead atoms. The Hall–Kier alpha value is -0.830. The predicted octanol–water partition coefficient (Wildman–Crippen LogP) is 5.86. The van der Waals surface area contributed by atoms with Crippen LogP contribution in [-0.2, 0) is 4.79 Å². The Morgan fingerprint density at radius 2 is 1.48 bits per heavy atom. The number of unbranched alkanes of at least 4 members (excludes halogenated alkanes) is 9. The summed E-state index contributed by atoms with van der Waals surface area (Å²) in [6.07, 6.45) is 19.0. The van der Waals surface area contributed by atoms with Gasteiger partial charge < -0.3 is 10.0 Å². The first-order valence-electron chi connectivity index (χ1n) is 10.7. The lowest BCUT2D eigenvalue weighted by Crippen LogP contribution is -2.37. The zero-order chi connectivity index (χ0) is 18.8. The molecule has 25 heavy (non-hydrogen) atoms. The van der Waals surface area contributed by atoms with E-state index in [0.717, 1.165) is 51.5 Å². The molecule has 3 heteroatoms. The smallest absolute Gasteiger partial charge is 0.222 e. The maximum atomic E-state index is 12.4. The summed E-state index contributed by atoms with van der Waals surface area (Å²) in [7, 11) is 0. The third kappa shape index (κ3) is 15.2. The normalized spacial score (nSPS) is 11.6. The fourth-order valence-corrected chi connectivity index (χ4v) is 3.03. The monoisotopic (exact) mass is 353 g/mol. The first kappa shape index (κ1) is 24.2. The number of carbonyl (C=O) groups is 1. The molecule has 0 saturated carbocycles. The average Bonchev–Trinajstić information content (AvgIpc) is 2.59. The topological polar surface area (TPSA) is 40.5 Å². The maximum absolute atomic E-state index is 12.4. The number of aliphatic hydroxyl groups is 1. The van der Waals surface area contributed by atoms with E-state index >= 15 is 0 Å². The minimum Gasteiger partial charge on any atom is -0.396 e. The summed E-state index contributed by atoms with van der Waals surface area (Å²) in [6.45, 7) is 7.68. The van der Waals surface area contributed by atoms with Gasteiger partial charge in [-0.05, 0) is 58.8 Å². The zero-order valence-corrected chi connectivity index (χ0v) is 17.1. The molecule has 0 saturated heterocycles. The van der Waals surface area contributed by atoms with Crippen molar-refractivity contribution >= 4 is 5.91 Å². The van der Waals surface area contributed by atoms with E-state index in [4.69, 9.17) is 5.11 Å². The molecule has 0 aromatic rings. The Kier molecular flexibility index (Phi) is 17.4. The highest BCUT2D eigenvalue weighted by Gasteiger charge is 2.15. The van der Waals surface area contributed by atoms with Crippen LogP contribution in [0.4, 0.5) is 0 Å². The lowest BCUT2D eigenvalue weighted by Gasteiger charge is -2.27. The molecule has 0 aliphatic rings. The molecule has 148 valence electrons. The van der Waals surface area contributed by atoms with E-state index in [2.05, 4.69) is 37.8 Å². The average molecular weight is 354 g/mol. The Labute approximate surface area is 156 Å². The van der Waals surface area contributed by atoms with Crippen LogP contribution in [0, 0.1) is 0 Å². The van der Waals surface area contributed by atoms with Crippen LogP contribution in [0.1, 0.15) is 104 Å². The van der Waals surface area contributed by atoms with Crippen molar-refractivity contribution in [2.75, 3.05) is 13.2 Å². The summed E-state index contributed by atoms with van der Waals surface area (Å²) in [5.74, 6) is 0.338. The Morgan fingerprint density at radius 3 is 2.08 bits per heavy atom. The minimum absolute atomic E-state index is 0.313. The SMILES string of the molecule is CCCCCCC(=O)N(CCCCC=CCCCCCCO)C(C)C. The van der Waals surface area contributed by atoms with Crippen LogP contribution in [-0.4, -0.2) is 35.1 Å². The molecule has 0 aliphatic heterocycles. The van der Waals surface area contributed by atoms with Crippen molar-refractivity contribution in [3.8, 4) is 0 Å². The Balaban J connectivity index is 3.73. The molecule has 0 spiro atoms. The molecular weight excluding hydrogens is 310 g/mol. The first-order chi connectivity index (χ1) is 12.1. The number of hydrogen-bond acceptors (Lipinski definition) is 2. The third-order valence-electron chi connectivity index (χ3n) is 4.65. The molecule has 3 nitrogen and oxygen atoms in total. The Bertz CT molecular complexity index is 326. The predicted molar refractivity (Wildman–Crippen MR) is 109 cm³/mol. The van der Waals surface area contributed by atoms with Gasteiger partial charge in [-0.2, -0.15) is 0 Å². The summed E-state index contributed by atoms with van der Waals surface area (Å²) >= 11 is 0. The lowest BCUT2D eigenvalue weighted by molar-refractivity contribution is -0.133. The van der Waals surface area contributed by atoms with Gasteiger partial charge in [-0.15, -0.1) is 0 Å². The Morgan fingerprint density at radius 1 is 0.880 bits per heavy atom. The summed E-state index contributed by atoms with van der Waals surface area (Å²) in [5.41, 5.74) is 0. The fraction of sp³-hybridized carbons (Fsp3) is 0.864. The molecule has 1 N–H and O–H groups in total. The zero-order valence-electron chi connectivity index (χ0n) is 17.1. The van der Waals surface area contributed by atoms with Gasteiger partial charge in [0, 0.05) is 25.6 Å². The van der Waals surface area contributed by atoms with Crippen LogP contribution in [0.5, 0.6) is 0 Å². The lowest BCUT2D eigenvalue weighted by atomic mass is 10.1. The maximum Gasteiger partial charge on any atom is 0.222 e. The third-order valence-corrected chi connectivity index (χ3v) is 4.65. The highest BCUT2D eigenvalue weighted by atomic mass is 16.2.